The van der Waals surface area contributed by atoms with Crippen molar-refractivity contribution in [2.24, 2.45) is 0 Å². The van der Waals surface area contributed by atoms with Crippen LogP contribution in [0.25, 0.3) is 0 Å². The van der Waals surface area contributed by atoms with Crippen molar-refractivity contribution in [3.8, 4) is 0 Å². The van der Waals surface area contributed by atoms with Crippen LogP contribution in [0.3, 0.4) is 0 Å². The zero-order valence-corrected chi connectivity index (χ0v) is 13.3. The summed E-state index contributed by atoms with van der Waals surface area (Å²) in [6.45, 7) is 1.22. The van der Waals surface area contributed by atoms with Crippen molar-refractivity contribution in [1.29, 1.82) is 0 Å². The van der Waals surface area contributed by atoms with Crippen LogP contribution in [0.4, 0.5) is 0 Å². The molecule has 0 aliphatic rings. The molecule has 0 atom stereocenters. The van der Waals surface area contributed by atoms with E-state index in [4.69, 9.17) is 4.42 Å². The molecule has 0 aliphatic heterocycles. The van der Waals surface area contributed by atoms with Crippen molar-refractivity contribution in [3.63, 3.8) is 0 Å². The normalized spacial score (nSPS) is 10.6. The lowest BCUT2D eigenvalue weighted by molar-refractivity contribution is -0.120. The van der Waals surface area contributed by atoms with E-state index in [-0.39, 0.29) is 18.2 Å². The van der Waals surface area contributed by atoms with E-state index in [1.807, 2.05) is 38.4 Å². The van der Waals surface area contributed by atoms with Gasteiger partial charge in [-0.2, -0.15) is 0 Å². The highest BCUT2D eigenvalue weighted by Gasteiger charge is 2.09. The molecular weight excluding hydrogens is 294 g/mol. The monoisotopic (exact) mass is 315 g/mol. The van der Waals surface area contributed by atoms with E-state index in [1.54, 1.807) is 12.1 Å². The molecule has 122 valence electrons. The van der Waals surface area contributed by atoms with Gasteiger partial charge in [0.25, 0.3) is 5.91 Å². The maximum Gasteiger partial charge on any atom is 0.287 e. The Bertz CT molecular complexity index is 634. The van der Waals surface area contributed by atoms with Crippen molar-refractivity contribution in [3.05, 3.63) is 59.5 Å². The number of rotatable bonds is 7. The fourth-order valence-corrected chi connectivity index (χ4v) is 2.05. The molecule has 6 heteroatoms. The van der Waals surface area contributed by atoms with Gasteiger partial charge in [0.05, 0.1) is 12.8 Å². The summed E-state index contributed by atoms with van der Waals surface area (Å²) in [6, 6.07) is 11.2. The minimum absolute atomic E-state index is 0.0851. The Kier molecular flexibility index (Phi) is 5.94. The summed E-state index contributed by atoms with van der Waals surface area (Å²) < 4.78 is 4.95. The third kappa shape index (κ3) is 5.60. The van der Waals surface area contributed by atoms with Crippen molar-refractivity contribution in [1.82, 2.24) is 15.5 Å². The number of hydrogen-bond acceptors (Lipinski definition) is 4. The molecule has 0 saturated heterocycles. The zero-order valence-electron chi connectivity index (χ0n) is 13.3. The smallest absolute Gasteiger partial charge is 0.287 e. The highest BCUT2D eigenvalue weighted by molar-refractivity contribution is 5.94. The first kappa shape index (κ1) is 16.8. The van der Waals surface area contributed by atoms with Crippen LogP contribution < -0.4 is 10.6 Å². The van der Waals surface area contributed by atoms with Gasteiger partial charge in [0.15, 0.2) is 5.76 Å². The molecule has 0 unspecified atom stereocenters. The number of benzene rings is 1. The van der Waals surface area contributed by atoms with Gasteiger partial charge in [-0.25, -0.2) is 0 Å². The molecule has 1 aromatic heterocycles. The Morgan fingerprint density at radius 3 is 2.35 bits per heavy atom. The number of furan rings is 1. The second kappa shape index (κ2) is 8.14. The van der Waals surface area contributed by atoms with Crippen molar-refractivity contribution in [2.45, 2.75) is 13.1 Å². The first-order valence-corrected chi connectivity index (χ1v) is 7.35. The lowest BCUT2D eigenvalue weighted by atomic mass is 10.1. The number of hydrogen-bond donors (Lipinski definition) is 2. The van der Waals surface area contributed by atoms with Gasteiger partial charge in [0.1, 0.15) is 0 Å². The first-order chi connectivity index (χ1) is 11.0. The molecule has 2 amide bonds. The van der Waals surface area contributed by atoms with Gasteiger partial charge in [-0.05, 0) is 37.4 Å². The standard InChI is InChI=1S/C17H21N3O3/c1-20(2)12-14-7-5-13(6-8-14)10-18-16(21)11-19-17(22)15-4-3-9-23-15/h3-9H,10-12H2,1-2H3,(H,18,21)(H,19,22). The van der Waals surface area contributed by atoms with Crippen molar-refractivity contribution in [2.75, 3.05) is 20.6 Å². The second-order valence-corrected chi connectivity index (χ2v) is 5.49. The quantitative estimate of drug-likeness (QED) is 0.810. The highest BCUT2D eigenvalue weighted by Crippen LogP contribution is 2.06. The number of carbonyl (C=O) groups is 2. The third-order valence-corrected chi connectivity index (χ3v) is 3.17. The Balaban J connectivity index is 1.72. The maximum atomic E-state index is 11.7. The van der Waals surface area contributed by atoms with Crippen LogP contribution in [-0.2, 0) is 17.9 Å². The number of nitrogens with one attached hydrogen (secondary N) is 2. The van der Waals surface area contributed by atoms with Crippen LogP contribution in [0.1, 0.15) is 21.7 Å². The Labute approximate surface area is 135 Å². The molecule has 0 bridgehead atoms. The average molecular weight is 315 g/mol. The Hall–Kier alpha value is -2.60. The van der Waals surface area contributed by atoms with Gasteiger partial charge in [-0.1, -0.05) is 24.3 Å². The fourth-order valence-electron chi connectivity index (χ4n) is 2.05. The predicted molar refractivity (Wildman–Crippen MR) is 86.7 cm³/mol. The third-order valence-electron chi connectivity index (χ3n) is 3.17. The summed E-state index contributed by atoms with van der Waals surface area (Å²) in [4.78, 5) is 25.5. The van der Waals surface area contributed by atoms with Gasteiger partial charge in [0.2, 0.25) is 5.91 Å². The summed E-state index contributed by atoms with van der Waals surface area (Å²) in [5, 5.41) is 5.27. The van der Waals surface area contributed by atoms with E-state index < -0.39 is 5.91 Å². The minimum atomic E-state index is -0.404. The highest BCUT2D eigenvalue weighted by atomic mass is 16.3. The lowest BCUT2D eigenvalue weighted by Gasteiger charge is -2.10. The van der Waals surface area contributed by atoms with Gasteiger partial charge < -0.3 is 20.0 Å². The lowest BCUT2D eigenvalue weighted by Crippen LogP contribution is -2.36. The Morgan fingerprint density at radius 2 is 1.74 bits per heavy atom. The summed E-state index contributed by atoms with van der Waals surface area (Å²) in [7, 11) is 4.04. The van der Waals surface area contributed by atoms with E-state index in [0.29, 0.717) is 6.54 Å². The van der Waals surface area contributed by atoms with E-state index in [1.165, 1.54) is 11.8 Å². The predicted octanol–water partition coefficient (Wildman–Crippen LogP) is 1.39. The maximum absolute atomic E-state index is 11.7. The first-order valence-electron chi connectivity index (χ1n) is 7.35. The van der Waals surface area contributed by atoms with Crippen LogP contribution in [0.2, 0.25) is 0 Å². The molecule has 2 N–H and O–H groups in total. The molecule has 0 saturated carbocycles. The minimum Gasteiger partial charge on any atom is -0.459 e. The molecule has 23 heavy (non-hydrogen) atoms. The SMILES string of the molecule is CN(C)Cc1ccc(CNC(=O)CNC(=O)c2ccco2)cc1. The summed E-state index contributed by atoms with van der Waals surface area (Å²) >= 11 is 0. The van der Waals surface area contributed by atoms with Crippen LogP contribution in [0.5, 0.6) is 0 Å². The molecule has 0 fully saturated rings. The van der Waals surface area contributed by atoms with Crippen molar-refractivity contribution >= 4 is 11.8 Å². The number of carbonyl (C=O) groups excluding carboxylic acids is 2. The van der Waals surface area contributed by atoms with Crippen LogP contribution in [0.15, 0.2) is 47.1 Å². The molecule has 2 aromatic rings. The number of nitrogens with zero attached hydrogens (tertiary/aromatic N) is 1. The molecular formula is C17H21N3O3. The Morgan fingerprint density at radius 1 is 1.04 bits per heavy atom. The summed E-state index contributed by atoms with van der Waals surface area (Å²) in [5.74, 6) is -0.463. The molecule has 2 rings (SSSR count). The number of amides is 2. The largest absolute Gasteiger partial charge is 0.459 e. The van der Waals surface area contributed by atoms with Gasteiger partial charge in [-0.3, -0.25) is 9.59 Å². The van der Waals surface area contributed by atoms with Crippen LogP contribution in [-0.4, -0.2) is 37.4 Å². The van der Waals surface area contributed by atoms with Crippen molar-refractivity contribution < 1.29 is 14.0 Å². The van der Waals surface area contributed by atoms with E-state index >= 15 is 0 Å². The van der Waals surface area contributed by atoms with E-state index in [9.17, 15) is 9.59 Å². The summed E-state index contributed by atoms with van der Waals surface area (Å²) in [6.07, 6.45) is 1.41. The molecule has 0 radical (unpaired) electrons. The zero-order chi connectivity index (χ0) is 16.7. The fraction of sp³-hybridized carbons (Fsp3) is 0.294. The second-order valence-electron chi connectivity index (χ2n) is 5.49. The van der Waals surface area contributed by atoms with Gasteiger partial charge in [0, 0.05) is 13.1 Å². The van der Waals surface area contributed by atoms with Crippen LogP contribution in [0, 0.1) is 0 Å². The van der Waals surface area contributed by atoms with E-state index in [0.717, 1.165) is 12.1 Å². The summed E-state index contributed by atoms with van der Waals surface area (Å²) in [5.41, 5.74) is 2.23. The van der Waals surface area contributed by atoms with Gasteiger partial charge in [-0.15, -0.1) is 0 Å². The molecule has 1 heterocycles. The molecule has 6 nitrogen and oxygen atoms in total. The molecule has 1 aromatic carbocycles. The molecule has 0 aliphatic carbocycles. The topological polar surface area (TPSA) is 74.6 Å². The van der Waals surface area contributed by atoms with E-state index in [2.05, 4.69) is 15.5 Å². The van der Waals surface area contributed by atoms with Crippen LogP contribution >= 0.6 is 0 Å². The average Bonchev–Trinajstić information content (AvgIpc) is 3.06. The molecule has 0 spiro atoms. The van der Waals surface area contributed by atoms with Gasteiger partial charge >= 0.3 is 0 Å².